The van der Waals surface area contributed by atoms with Crippen LogP contribution in [-0.2, 0) is 4.79 Å². The van der Waals surface area contributed by atoms with Gasteiger partial charge in [-0.3, -0.25) is 4.79 Å². The number of nitrogens with one attached hydrogen (secondary N) is 2. The monoisotopic (exact) mass is 405 g/mol. The Labute approximate surface area is 152 Å². The summed E-state index contributed by atoms with van der Waals surface area (Å²) in [6, 6.07) is 7.63. The summed E-state index contributed by atoms with van der Waals surface area (Å²) in [6.45, 7) is 6.54. The van der Waals surface area contributed by atoms with Crippen molar-refractivity contribution in [2.45, 2.75) is 12.8 Å². The fourth-order valence-corrected chi connectivity index (χ4v) is 2.75. The van der Waals surface area contributed by atoms with Gasteiger partial charge in [0.25, 0.3) is 0 Å². The van der Waals surface area contributed by atoms with Gasteiger partial charge in [-0.25, -0.2) is 0 Å². The molecular formula is C16H25BrClN3O2. The van der Waals surface area contributed by atoms with Gasteiger partial charge < -0.3 is 20.3 Å². The molecule has 1 aromatic carbocycles. The predicted molar refractivity (Wildman–Crippen MR) is 98.4 cm³/mol. The molecule has 0 spiro atoms. The Hall–Kier alpha value is -0.820. The van der Waals surface area contributed by atoms with Crippen LogP contribution in [0.15, 0.2) is 28.7 Å². The van der Waals surface area contributed by atoms with Gasteiger partial charge in [-0.2, -0.15) is 0 Å². The molecule has 2 N–H and O–H groups in total. The molecule has 0 saturated carbocycles. The number of amides is 1. The van der Waals surface area contributed by atoms with Crippen molar-refractivity contribution in [3.8, 4) is 5.75 Å². The van der Waals surface area contributed by atoms with Crippen LogP contribution in [0.2, 0.25) is 0 Å². The summed E-state index contributed by atoms with van der Waals surface area (Å²) in [5, 5.41) is 6.28. The highest BCUT2D eigenvalue weighted by Crippen LogP contribution is 2.17. The average Bonchev–Trinajstić information content (AvgIpc) is 2.53. The molecule has 1 aliphatic heterocycles. The molecule has 0 bridgehead atoms. The van der Waals surface area contributed by atoms with Crippen LogP contribution < -0.4 is 15.4 Å². The van der Waals surface area contributed by atoms with Crippen LogP contribution in [0.3, 0.4) is 0 Å². The second-order valence-corrected chi connectivity index (χ2v) is 6.27. The molecule has 7 heteroatoms. The lowest BCUT2D eigenvalue weighted by Crippen LogP contribution is -2.44. The van der Waals surface area contributed by atoms with Crippen LogP contribution in [0.1, 0.15) is 12.8 Å². The van der Waals surface area contributed by atoms with Crippen molar-refractivity contribution >= 4 is 34.2 Å². The third-order valence-corrected chi connectivity index (χ3v) is 4.07. The van der Waals surface area contributed by atoms with E-state index in [4.69, 9.17) is 4.74 Å². The molecule has 0 unspecified atom stereocenters. The van der Waals surface area contributed by atoms with Gasteiger partial charge in [0.2, 0.25) is 5.91 Å². The van der Waals surface area contributed by atoms with Crippen LogP contribution in [0.5, 0.6) is 5.75 Å². The van der Waals surface area contributed by atoms with E-state index in [1.54, 1.807) is 0 Å². The van der Waals surface area contributed by atoms with Crippen molar-refractivity contribution in [2.24, 2.45) is 0 Å². The van der Waals surface area contributed by atoms with E-state index in [0.29, 0.717) is 13.0 Å². The van der Waals surface area contributed by atoms with E-state index in [1.165, 1.54) is 0 Å². The first kappa shape index (κ1) is 20.2. The molecule has 0 radical (unpaired) electrons. The summed E-state index contributed by atoms with van der Waals surface area (Å²) in [4.78, 5) is 14.2. The van der Waals surface area contributed by atoms with Crippen molar-refractivity contribution in [1.82, 2.24) is 15.5 Å². The Morgan fingerprint density at radius 2 is 2.13 bits per heavy atom. The van der Waals surface area contributed by atoms with Gasteiger partial charge in [-0.05, 0) is 31.2 Å². The van der Waals surface area contributed by atoms with Crippen LogP contribution in [-0.4, -0.2) is 56.7 Å². The number of benzene rings is 1. The van der Waals surface area contributed by atoms with Crippen molar-refractivity contribution in [3.05, 3.63) is 28.7 Å². The molecule has 1 fully saturated rings. The van der Waals surface area contributed by atoms with Crippen molar-refractivity contribution in [3.63, 3.8) is 0 Å². The Balaban J connectivity index is 0.00000264. The minimum absolute atomic E-state index is 0. The molecule has 1 saturated heterocycles. The molecular weight excluding hydrogens is 382 g/mol. The maximum Gasteiger partial charge on any atom is 0.223 e. The summed E-state index contributed by atoms with van der Waals surface area (Å²) in [7, 11) is 0. The highest BCUT2D eigenvalue weighted by molar-refractivity contribution is 9.10. The highest BCUT2D eigenvalue weighted by atomic mass is 79.9. The zero-order valence-corrected chi connectivity index (χ0v) is 15.6. The minimum atomic E-state index is 0. The smallest absolute Gasteiger partial charge is 0.223 e. The lowest BCUT2D eigenvalue weighted by molar-refractivity contribution is -0.121. The molecule has 1 amide bonds. The van der Waals surface area contributed by atoms with Crippen molar-refractivity contribution in [2.75, 3.05) is 45.9 Å². The van der Waals surface area contributed by atoms with E-state index in [1.807, 2.05) is 24.3 Å². The number of hydrogen-bond acceptors (Lipinski definition) is 4. The van der Waals surface area contributed by atoms with E-state index in [-0.39, 0.29) is 18.3 Å². The first-order valence-corrected chi connectivity index (χ1v) is 8.61. The van der Waals surface area contributed by atoms with E-state index in [2.05, 4.69) is 31.5 Å². The molecule has 5 nitrogen and oxygen atoms in total. The van der Waals surface area contributed by atoms with Gasteiger partial charge >= 0.3 is 0 Å². The number of ether oxygens (including phenoxy) is 1. The van der Waals surface area contributed by atoms with Crippen LogP contribution in [0.4, 0.5) is 0 Å². The normalized spacial score (nSPS) is 14.8. The summed E-state index contributed by atoms with van der Waals surface area (Å²) in [5.41, 5.74) is 0. The quantitative estimate of drug-likeness (QED) is 0.649. The summed E-state index contributed by atoms with van der Waals surface area (Å²) >= 11 is 3.39. The third-order valence-electron chi connectivity index (χ3n) is 3.58. The third kappa shape index (κ3) is 8.55. The molecule has 1 aliphatic rings. The van der Waals surface area contributed by atoms with Crippen LogP contribution in [0.25, 0.3) is 0 Å². The van der Waals surface area contributed by atoms with Gasteiger partial charge in [0.15, 0.2) is 0 Å². The lowest BCUT2D eigenvalue weighted by Gasteiger charge is -2.27. The zero-order valence-electron chi connectivity index (χ0n) is 13.2. The summed E-state index contributed by atoms with van der Waals surface area (Å²) in [6.07, 6.45) is 1.39. The SMILES string of the molecule is Cl.O=C(CCOc1cccc(Br)c1)NCCCN1CCNCC1. The molecule has 0 aliphatic carbocycles. The van der Waals surface area contributed by atoms with Crippen molar-refractivity contribution in [1.29, 1.82) is 0 Å². The molecule has 0 atom stereocenters. The number of halogens is 2. The predicted octanol–water partition coefficient (Wildman–Crippen LogP) is 2.05. The Bertz CT molecular complexity index is 470. The lowest BCUT2D eigenvalue weighted by atomic mass is 10.3. The highest BCUT2D eigenvalue weighted by Gasteiger charge is 2.08. The second-order valence-electron chi connectivity index (χ2n) is 5.35. The van der Waals surface area contributed by atoms with E-state index in [0.717, 1.165) is 55.9 Å². The zero-order chi connectivity index (χ0) is 15.6. The van der Waals surface area contributed by atoms with E-state index < -0.39 is 0 Å². The molecule has 23 heavy (non-hydrogen) atoms. The molecule has 2 rings (SSSR count). The maximum atomic E-state index is 11.7. The molecule has 1 aromatic rings. The van der Waals surface area contributed by atoms with Crippen LogP contribution >= 0.6 is 28.3 Å². The molecule has 130 valence electrons. The largest absolute Gasteiger partial charge is 0.493 e. The number of nitrogens with zero attached hydrogens (tertiary/aromatic N) is 1. The molecule has 1 heterocycles. The minimum Gasteiger partial charge on any atom is -0.493 e. The maximum absolute atomic E-state index is 11.7. The first-order valence-electron chi connectivity index (χ1n) is 7.82. The molecule has 0 aromatic heterocycles. The van der Waals surface area contributed by atoms with Crippen molar-refractivity contribution < 1.29 is 9.53 Å². The summed E-state index contributed by atoms with van der Waals surface area (Å²) in [5.74, 6) is 0.830. The first-order chi connectivity index (χ1) is 10.7. The Kier molecular flexibility index (Phi) is 10.3. The Morgan fingerprint density at radius 1 is 1.35 bits per heavy atom. The number of carbonyl (C=O) groups is 1. The Morgan fingerprint density at radius 3 is 2.87 bits per heavy atom. The number of rotatable bonds is 8. The van der Waals surface area contributed by atoms with Crippen LogP contribution in [0, 0.1) is 0 Å². The van der Waals surface area contributed by atoms with Gasteiger partial charge in [-0.15, -0.1) is 12.4 Å². The fourth-order valence-electron chi connectivity index (χ4n) is 2.37. The van der Waals surface area contributed by atoms with E-state index >= 15 is 0 Å². The number of piperazine rings is 1. The van der Waals surface area contributed by atoms with Gasteiger partial charge in [-0.1, -0.05) is 22.0 Å². The number of hydrogen-bond donors (Lipinski definition) is 2. The van der Waals surface area contributed by atoms with Gasteiger partial charge in [0.1, 0.15) is 5.75 Å². The van der Waals surface area contributed by atoms with Gasteiger partial charge in [0.05, 0.1) is 13.0 Å². The number of carbonyl (C=O) groups excluding carboxylic acids is 1. The summed E-state index contributed by atoms with van der Waals surface area (Å²) < 4.78 is 6.53. The van der Waals surface area contributed by atoms with E-state index in [9.17, 15) is 4.79 Å². The topological polar surface area (TPSA) is 53.6 Å². The standard InChI is InChI=1S/C16H24BrN3O2.ClH/c17-14-3-1-4-15(13-14)22-12-5-16(21)19-6-2-9-20-10-7-18-8-11-20;/h1,3-4,13,18H,2,5-12H2,(H,19,21);1H. The average molecular weight is 407 g/mol. The fraction of sp³-hybridized carbons (Fsp3) is 0.562. The second kappa shape index (κ2) is 11.7. The van der Waals surface area contributed by atoms with Gasteiger partial charge in [0, 0.05) is 37.2 Å².